The summed E-state index contributed by atoms with van der Waals surface area (Å²) in [4.78, 5) is 1.24. The Morgan fingerprint density at radius 3 is 2.95 bits per heavy atom. The minimum absolute atomic E-state index is 0.196. The maximum Gasteiger partial charge on any atom is 0.161 e. The fourth-order valence-electron chi connectivity index (χ4n) is 2.20. The molecule has 0 aliphatic rings. The summed E-state index contributed by atoms with van der Waals surface area (Å²) in [6.07, 6.45) is 1.77. The Morgan fingerprint density at radius 1 is 1.48 bits per heavy atom. The highest BCUT2D eigenvalue weighted by atomic mass is 79.9. The zero-order valence-corrected chi connectivity index (χ0v) is 14.9. The summed E-state index contributed by atoms with van der Waals surface area (Å²) in [5.74, 6) is 1.75. The van der Waals surface area contributed by atoms with Gasteiger partial charge in [0.05, 0.1) is 25.0 Å². The summed E-state index contributed by atoms with van der Waals surface area (Å²) in [5, 5.41) is 7.81. The van der Waals surface area contributed by atoms with E-state index < -0.39 is 0 Å². The zero-order chi connectivity index (χ0) is 15.2. The number of rotatable bonds is 7. The van der Waals surface area contributed by atoms with Gasteiger partial charge in [-0.25, -0.2) is 0 Å². The van der Waals surface area contributed by atoms with Crippen LogP contribution in [0.2, 0.25) is 0 Å². The van der Waals surface area contributed by atoms with Crippen LogP contribution in [0.25, 0.3) is 0 Å². The Labute approximate surface area is 138 Å². The molecular weight excluding hydrogens is 350 g/mol. The van der Waals surface area contributed by atoms with Crippen molar-refractivity contribution < 1.29 is 4.74 Å². The lowest BCUT2D eigenvalue weighted by Gasteiger charge is -2.19. The van der Waals surface area contributed by atoms with Crippen molar-refractivity contribution in [3.8, 4) is 5.75 Å². The van der Waals surface area contributed by atoms with Gasteiger partial charge in [-0.2, -0.15) is 5.10 Å². The van der Waals surface area contributed by atoms with Crippen LogP contribution in [0.4, 0.5) is 0 Å². The van der Waals surface area contributed by atoms with E-state index in [1.807, 2.05) is 29.6 Å². The molecule has 0 saturated carbocycles. The quantitative estimate of drug-likeness (QED) is 0.756. The monoisotopic (exact) mass is 369 g/mol. The maximum atomic E-state index is 5.42. The van der Waals surface area contributed by atoms with Crippen molar-refractivity contribution in [1.29, 1.82) is 0 Å². The van der Waals surface area contributed by atoms with Crippen LogP contribution in [0.5, 0.6) is 5.75 Å². The zero-order valence-electron chi connectivity index (χ0n) is 12.5. The summed E-state index contributed by atoms with van der Waals surface area (Å²) >= 11 is 5.33. The standard InChI is InChI=1S/C15H20BrN3OS/c1-4-17-13(15-14(20-3)9-18-19(15)2)10-21-12-7-5-6-11(16)8-12/h5-9,13,17H,4,10H2,1-3H3. The van der Waals surface area contributed by atoms with Crippen molar-refractivity contribution in [2.45, 2.75) is 17.9 Å². The van der Waals surface area contributed by atoms with Gasteiger partial charge in [-0.05, 0) is 24.7 Å². The molecule has 2 rings (SSSR count). The highest BCUT2D eigenvalue weighted by molar-refractivity contribution is 9.10. The number of ether oxygens (including phenoxy) is 1. The minimum Gasteiger partial charge on any atom is -0.493 e. The number of aryl methyl sites for hydroxylation is 1. The Bertz CT molecular complexity index is 588. The SMILES string of the molecule is CCNC(CSc1cccc(Br)c1)c1c(OC)cnn1C. The molecule has 0 aliphatic heterocycles. The highest BCUT2D eigenvalue weighted by Crippen LogP contribution is 2.30. The topological polar surface area (TPSA) is 39.1 Å². The number of benzene rings is 1. The molecule has 4 nitrogen and oxygen atoms in total. The molecule has 0 radical (unpaired) electrons. The first kappa shape index (κ1) is 16.4. The molecule has 1 aromatic carbocycles. The van der Waals surface area contributed by atoms with E-state index in [0.29, 0.717) is 0 Å². The van der Waals surface area contributed by atoms with Crippen LogP contribution >= 0.6 is 27.7 Å². The summed E-state index contributed by atoms with van der Waals surface area (Å²) in [6.45, 7) is 3.01. The molecule has 0 bridgehead atoms. The second kappa shape index (κ2) is 7.87. The van der Waals surface area contributed by atoms with Gasteiger partial charge in [-0.1, -0.05) is 28.9 Å². The highest BCUT2D eigenvalue weighted by Gasteiger charge is 2.20. The van der Waals surface area contributed by atoms with Gasteiger partial charge >= 0.3 is 0 Å². The number of thioether (sulfide) groups is 1. The van der Waals surface area contributed by atoms with E-state index in [-0.39, 0.29) is 6.04 Å². The van der Waals surface area contributed by atoms with Gasteiger partial charge in [-0.3, -0.25) is 4.68 Å². The van der Waals surface area contributed by atoms with Crippen LogP contribution in [0.1, 0.15) is 18.7 Å². The van der Waals surface area contributed by atoms with Crippen LogP contribution in [-0.4, -0.2) is 29.2 Å². The molecule has 2 aromatic rings. The summed E-state index contributed by atoms with van der Waals surface area (Å²) < 4.78 is 8.41. The second-order valence-corrected chi connectivity index (χ2v) is 6.61. The van der Waals surface area contributed by atoms with Crippen molar-refractivity contribution in [3.05, 3.63) is 40.6 Å². The fourth-order valence-corrected chi connectivity index (χ4v) is 3.77. The predicted octanol–water partition coefficient (Wildman–Crippen LogP) is 3.63. The molecule has 0 spiro atoms. The maximum absolute atomic E-state index is 5.42. The van der Waals surface area contributed by atoms with Crippen LogP contribution in [0.3, 0.4) is 0 Å². The number of nitrogens with one attached hydrogen (secondary N) is 1. The molecule has 0 amide bonds. The lowest BCUT2D eigenvalue weighted by atomic mass is 10.2. The molecule has 114 valence electrons. The number of methoxy groups -OCH3 is 1. The molecule has 1 heterocycles. The van der Waals surface area contributed by atoms with Crippen molar-refractivity contribution in [2.75, 3.05) is 19.4 Å². The van der Waals surface area contributed by atoms with E-state index in [0.717, 1.165) is 28.2 Å². The smallest absolute Gasteiger partial charge is 0.161 e. The van der Waals surface area contributed by atoms with Crippen molar-refractivity contribution in [2.24, 2.45) is 7.05 Å². The number of hydrogen-bond acceptors (Lipinski definition) is 4. The Kier molecular flexibility index (Phi) is 6.14. The largest absolute Gasteiger partial charge is 0.493 e. The fraction of sp³-hybridized carbons (Fsp3) is 0.400. The summed E-state index contributed by atoms with van der Waals surface area (Å²) in [7, 11) is 3.64. The van der Waals surface area contributed by atoms with E-state index in [1.54, 1.807) is 13.3 Å². The second-order valence-electron chi connectivity index (χ2n) is 4.60. The van der Waals surface area contributed by atoms with E-state index in [2.05, 4.69) is 51.5 Å². The molecule has 0 fully saturated rings. The van der Waals surface area contributed by atoms with E-state index in [1.165, 1.54) is 4.90 Å². The number of nitrogens with zero attached hydrogens (tertiary/aromatic N) is 2. The number of hydrogen-bond donors (Lipinski definition) is 1. The van der Waals surface area contributed by atoms with Gasteiger partial charge in [-0.15, -0.1) is 11.8 Å². The molecule has 6 heteroatoms. The molecule has 1 unspecified atom stereocenters. The summed E-state index contributed by atoms with van der Waals surface area (Å²) in [6, 6.07) is 8.55. The predicted molar refractivity (Wildman–Crippen MR) is 91.0 cm³/mol. The minimum atomic E-state index is 0.196. The number of halogens is 1. The average molecular weight is 370 g/mol. The summed E-state index contributed by atoms with van der Waals surface area (Å²) in [5.41, 5.74) is 1.09. The normalized spacial score (nSPS) is 12.4. The molecule has 1 atom stereocenters. The van der Waals surface area contributed by atoms with Crippen molar-refractivity contribution in [3.63, 3.8) is 0 Å². The van der Waals surface area contributed by atoms with Crippen molar-refractivity contribution in [1.82, 2.24) is 15.1 Å². The first-order valence-corrected chi connectivity index (χ1v) is 8.61. The third-order valence-corrected chi connectivity index (χ3v) is 4.74. The van der Waals surface area contributed by atoms with E-state index in [4.69, 9.17) is 4.74 Å². The first-order valence-electron chi connectivity index (χ1n) is 6.83. The molecule has 1 N–H and O–H groups in total. The lowest BCUT2D eigenvalue weighted by Crippen LogP contribution is -2.25. The lowest BCUT2D eigenvalue weighted by molar-refractivity contribution is 0.399. The molecular formula is C15H20BrN3OS. The Morgan fingerprint density at radius 2 is 2.29 bits per heavy atom. The first-order chi connectivity index (χ1) is 10.2. The van der Waals surface area contributed by atoms with Crippen LogP contribution in [0.15, 0.2) is 39.8 Å². The van der Waals surface area contributed by atoms with E-state index in [9.17, 15) is 0 Å². The third-order valence-electron chi connectivity index (χ3n) is 3.16. The van der Waals surface area contributed by atoms with Crippen LogP contribution in [-0.2, 0) is 7.05 Å². The Hall–Kier alpha value is -0.980. The molecule has 0 saturated heterocycles. The van der Waals surface area contributed by atoms with Gasteiger partial charge in [0.15, 0.2) is 5.75 Å². The van der Waals surface area contributed by atoms with Gasteiger partial charge in [0.25, 0.3) is 0 Å². The van der Waals surface area contributed by atoms with Gasteiger partial charge < -0.3 is 10.1 Å². The molecule has 21 heavy (non-hydrogen) atoms. The Balaban J connectivity index is 2.14. The molecule has 1 aromatic heterocycles. The van der Waals surface area contributed by atoms with Gasteiger partial charge in [0.2, 0.25) is 0 Å². The van der Waals surface area contributed by atoms with Crippen LogP contribution < -0.4 is 10.1 Å². The van der Waals surface area contributed by atoms with Crippen molar-refractivity contribution >= 4 is 27.7 Å². The van der Waals surface area contributed by atoms with Crippen LogP contribution in [0, 0.1) is 0 Å². The average Bonchev–Trinajstić information content (AvgIpc) is 2.84. The number of aromatic nitrogens is 2. The van der Waals surface area contributed by atoms with Gasteiger partial charge in [0, 0.05) is 22.2 Å². The van der Waals surface area contributed by atoms with E-state index >= 15 is 0 Å². The third kappa shape index (κ3) is 4.25. The molecule has 0 aliphatic carbocycles. The van der Waals surface area contributed by atoms with Gasteiger partial charge in [0.1, 0.15) is 0 Å².